The number of hydrogen-bond acceptors (Lipinski definition) is 2. The maximum Gasteiger partial charge on any atom is 0.0237 e. The lowest BCUT2D eigenvalue weighted by Gasteiger charge is -2.24. The van der Waals surface area contributed by atoms with Gasteiger partial charge < -0.3 is 5.73 Å². The summed E-state index contributed by atoms with van der Waals surface area (Å²) in [5, 5.41) is 0. The lowest BCUT2D eigenvalue weighted by molar-refractivity contribution is 0.251. The maximum atomic E-state index is 6.37. The Balaban J connectivity index is 1.60. The minimum absolute atomic E-state index is 0.206. The van der Waals surface area contributed by atoms with Crippen molar-refractivity contribution in [3.05, 3.63) is 71.3 Å². The van der Waals surface area contributed by atoms with Crippen LogP contribution in [0.15, 0.2) is 54.6 Å². The van der Waals surface area contributed by atoms with Gasteiger partial charge in [-0.1, -0.05) is 54.6 Å². The van der Waals surface area contributed by atoms with Crippen LogP contribution < -0.4 is 5.73 Å². The summed E-state index contributed by atoms with van der Waals surface area (Å²) in [6, 6.07) is 19.6. The van der Waals surface area contributed by atoms with Crippen molar-refractivity contribution in [2.24, 2.45) is 5.73 Å². The molecule has 2 N–H and O–H groups in total. The molecule has 3 rings (SSSR count). The van der Waals surface area contributed by atoms with Gasteiger partial charge in [-0.05, 0) is 42.5 Å². The van der Waals surface area contributed by atoms with Crippen LogP contribution in [0.3, 0.4) is 0 Å². The van der Waals surface area contributed by atoms with Crippen molar-refractivity contribution in [3.8, 4) is 0 Å². The Labute approximate surface area is 127 Å². The number of rotatable bonds is 4. The fourth-order valence-electron chi connectivity index (χ4n) is 3.24. The van der Waals surface area contributed by atoms with Gasteiger partial charge in [-0.3, -0.25) is 4.90 Å². The highest BCUT2D eigenvalue weighted by molar-refractivity contribution is 5.28. The van der Waals surface area contributed by atoms with E-state index in [1.165, 1.54) is 29.5 Å². The summed E-state index contributed by atoms with van der Waals surface area (Å²) < 4.78 is 0. The molecule has 1 unspecified atom stereocenters. The Morgan fingerprint density at radius 1 is 0.952 bits per heavy atom. The van der Waals surface area contributed by atoms with Crippen molar-refractivity contribution >= 4 is 0 Å². The molecule has 0 saturated carbocycles. The molecule has 0 aromatic heterocycles. The fraction of sp³-hybridized carbons (Fsp3) is 0.368. The first-order chi connectivity index (χ1) is 10.3. The first-order valence-corrected chi connectivity index (χ1v) is 7.90. The van der Waals surface area contributed by atoms with Crippen LogP contribution in [-0.2, 0) is 19.4 Å². The third kappa shape index (κ3) is 3.93. The highest BCUT2D eigenvalue weighted by atomic mass is 15.1. The molecule has 0 radical (unpaired) electrons. The summed E-state index contributed by atoms with van der Waals surface area (Å²) in [7, 11) is 0. The molecule has 2 aromatic carbocycles. The Morgan fingerprint density at radius 3 is 2.48 bits per heavy atom. The van der Waals surface area contributed by atoms with Crippen molar-refractivity contribution < 1.29 is 0 Å². The summed E-state index contributed by atoms with van der Waals surface area (Å²) in [5.74, 6) is 0. The zero-order valence-electron chi connectivity index (χ0n) is 12.5. The second-order valence-electron chi connectivity index (χ2n) is 6.06. The van der Waals surface area contributed by atoms with Crippen molar-refractivity contribution in [1.29, 1.82) is 0 Å². The molecule has 21 heavy (non-hydrogen) atoms. The van der Waals surface area contributed by atoms with Crippen LogP contribution in [-0.4, -0.2) is 24.0 Å². The molecule has 2 aromatic rings. The van der Waals surface area contributed by atoms with Crippen molar-refractivity contribution in [3.63, 3.8) is 0 Å². The van der Waals surface area contributed by atoms with Gasteiger partial charge in [-0.15, -0.1) is 0 Å². The van der Waals surface area contributed by atoms with E-state index in [0.717, 1.165) is 26.1 Å². The molecule has 0 amide bonds. The predicted molar refractivity (Wildman–Crippen MR) is 88.2 cm³/mol. The number of benzene rings is 2. The first-order valence-electron chi connectivity index (χ1n) is 7.90. The summed E-state index contributed by atoms with van der Waals surface area (Å²) in [6.07, 6.45) is 3.38. The Morgan fingerprint density at radius 2 is 1.67 bits per heavy atom. The Kier molecular flexibility index (Phi) is 4.69. The molecular formula is C19H24N2. The lowest BCUT2D eigenvalue weighted by Crippen LogP contribution is -2.38. The highest BCUT2D eigenvalue weighted by Crippen LogP contribution is 2.18. The second-order valence-corrected chi connectivity index (χ2v) is 6.06. The molecule has 0 fully saturated rings. The molecule has 110 valence electrons. The SMILES string of the molecule is NC(Cc1ccccc1)CN1CCCc2ccccc2C1. The van der Waals surface area contributed by atoms with Gasteiger partial charge in [0.05, 0.1) is 0 Å². The van der Waals surface area contributed by atoms with E-state index in [1.54, 1.807) is 0 Å². The van der Waals surface area contributed by atoms with Gasteiger partial charge in [0.15, 0.2) is 0 Å². The number of aryl methyl sites for hydroxylation is 1. The summed E-state index contributed by atoms with van der Waals surface area (Å²) >= 11 is 0. The minimum atomic E-state index is 0.206. The van der Waals surface area contributed by atoms with Gasteiger partial charge in [0.25, 0.3) is 0 Å². The van der Waals surface area contributed by atoms with Crippen molar-refractivity contribution in [1.82, 2.24) is 4.90 Å². The summed E-state index contributed by atoms with van der Waals surface area (Å²) in [6.45, 7) is 3.17. The molecule has 1 aliphatic heterocycles. The third-order valence-corrected chi connectivity index (χ3v) is 4.27. The standard InChI is InChI=1S/C19H24N2/c20-19(13-16-7-2-1-3-8-16)15-21-12-6-11-17-9-4-5-10-18(17)14-21/h1-5,7-10,19H,6,11-15,20H2. The van der Waals surface area contributed by atoms with Crippen LogP contribution in [0.2, 0.25) is 0 Å². The van der Waals surface area contributed by atoms with E-state index in [2.05, 4.69) is 59.5 Å². The molecule has 0 aliphatic carbocycles. The van der Waals surface area contributed by atoms with E-state index in [4.69, 9.17) is 5.73 Å². The average Bonchev–Trinajstić information content (AvgIpc) is 2.69. The molecule has 2 nitrogen and oxygen atoms in total. The van der Waals surface area contributed by atoms with Crippen LogP contribution >= 0.6 is 0 Å². The minimum Gasteiger partial charge on any atom is -0.326 e. The predicted octanol–water partition coefficient (Wildman–Crippen LogP) is 3.00. The Hall–Kier alpha value is -1.64. The quantitative estimate of drug-likeness (QED) is 0.933. The molecule has 1 aliphatic rings. The first kappa shape index (κ1) is 14.3. The zero-order valence-corrected chi connectivity index (χ0v) is 12.5. The monoisotopic (exact) mass is 280 g/mol. The van der Waals surface area contributed by atoms with Crippen LogP contribution in [0.1, 0.15) is 23.1 Å². The topological polar surface area (TPSA) is 29.3 Å². The maximum absolute atomic E-state index is 6.37. The normalized spacial score (nSPS) is 17.0. The van der Waals surface area contributed by atoms with E-state index in [0.29, 0.717) is 0 Å². The van der Waals surface area contributed by atoms with Gasteiger partial charge >= 0.3 is 0 Å². The van der Waals surface area contributed by atoms with Gasteiger partial charge in [0.1, 0.15) is 0 Å². The zero-order chi connectivity index (χ0) is 14.5. The van der Waals surface area contributed by atoms with E-state index in [9.17, 15) is 0 Å². The van der Waals surface area contributed by atoms with Crippen LogP contribution in [0.5, 0.6) is 0 Å². The van der Waals surface area contributed by atoms with Gasteiger partial charge in [0, 0.05) is 19.1 Å². The van der Waals surface area contributed by atoms with Gasteiger partial charge in [-0.25, -0.2) is 0 Å². The fourth-order valence-corrected chi connectivity index (χ4v) is 3.24. The van der Waals surface area contributed by atoms with Crippen molar-refractivity contribution in [2.75, 3.05) is 13.1 Å². The van der Waals surface area contributed by atoms with E-state index < -0.39 is 0 Å². The van der Waals surface area contributed by atoms with Crippen LogP contribution in [0.4, 0.5) is 0 Å². The average molecular weight is 280 g/mol. The van der Waals surface area contributed by atoms with Crippen LogP contribution in [0, 0.1) is 0 Å². The molecule has 0 spiro atoms. The third-order valence-electron chi connectivity index (χ3n) is 4.27. The molecule has 1 atom stereocenters. The second kappa shape index (κ2) is 6.88. The number of fused-ring (bicyclic) bond motifs is 1. The number of hydrogen-bond donors (Lipinski definition) is 1. The van der Waals surface area contributed by atoms with E-state index in [-0.39, 0.29) is 6.04 Å². The molecular weight excluding hydrogens is 256 g/mol. The molecule has 1 heterocycles. The summed E-state index contributed by atoms with van der Waals surface area (Å²) in [4.78, 5) is 2.51. The van der Waals surface area contributed by atoms with E-state index >= 15 is 0 Å². The number of nitrogens with zero attached hydrogens (tertiary/aromatic N) is 1. The van der Waals surface area contributed by atoms with Gasteiger partial charge in [0.2, 0.25) is 0 Å². The molecule has 0 bridgehead atoms. The molecule has 2 heteroatoms. The van der Waals surface area contributed by atoms with Crippen molar-refractivity contribution in [2.45, 2.75) is 31.8 Å². The van der Waals surface area contributed by atoms with Crippen LogP contribution in [0.25, 0.3) is 0 Å². The Bertz CT molecular complexity index is 565. The van der Waals surface area contributed by atoms with E-state index in [1.807, 2.05) is 0 Å². The number of nitrogens with two attached hydrogens (primary N) is 1. The van der Waals surface area contributed by atoms with Gasteiger partial charge in [-0.2, -0.15) is 0 Å². The largest absolute Gasteiger partial charge is 0.326 e. The smallest absolute Gasteiger partial charge is 0.0237 e. The molecule has 0 saturated heterocycles. The highest BCUT2D eigenvalue weighted by Gasteiger charge is 2.16. The lowest BCUT2D eigenvalue weighted by atomic mass is 10.0. The summed E-state index contributed by atoms with van der Waals surface area (Å²) in [5.41, 5.74) is 10.7.